The predicted molar refractivity (Wildman–Crippen MR) is 82.6 cm³/mol. The number of anilines is 1. The largest absolute Gasteiger partial charge is 0.325 e. The highest BCUT2D eigenvalue weighted by molar-refractivity contribution is 7.89. The average molecular weight is 331 g/mol. The number of hydrogen-bond acceptors (Lipinski definition) is 3. The molecule has 1 aromatic rings. The van der Waals surface area contributed by atoms with Crippen molar-refractivity contribution in [3.63, 3.8) is 0 Å². The first-order valence-corrected chi connectivity index (χ1v) is 8.93. The fraction of sp³-hybridized carbons (Fsp3) is 0.500. The Morgan fingerprint density at radius 2 is 1.81 bits per heavy atom. The first-order valence-electron chi connectivity index (χ1n) is 7.01. The molecular formula is C14H19ClN2O3S. The van der Waals surface area contributed by atoms with Gasteiger partial charge in [0.2, 0.25) is 15.9 Å². The maximum atomic E-state index is 12.2. The Kier molecular flexibility index (Phi) is 5.24. The van der Waals surface area contributed by atoms with Gasteiger partial charge in [-0.1, -0.05) is 37.3 Å². The Balaban J connectivity index is 2.10. The quantitative estimate of drug-likeness (QED) is 0.835. The lowest BCUT2D eigenvalue weighted by Crippen LogP contribution is -2.22. The van der Waals surface area contributed by atoms with Crippen molar-refractivity contribution in [2.24, 2.45) is 11.1 Å². The molecule has 0 unspecified atom stereocenters. The maximum Gasteiger partial charge on any atom is 0.238 e. The van der Waals surface area contributed by atoms with E-state index in [4.69, 9.17) is 16.7 Å². The normalized spacial score (nSPS) is 17.2. The van der Waals surface area contributed by atoms with Crippen LogP contribution in [0.15, 0.2) is 23.1 Å². The highest BCUT2D eigenvalue weighted by Gasteiger charge is 2.21. The minimum absolute atomic E-state index is 0.00137. The molecule has 5 nitrogen and oxygen atoms in total. The van der Waals surface area contributed by atoms with E-state index >= 15 is 0 Å². The molecule has 0 spiro atoms. The van der Waals surface area contributed by atoms with Gasteiger partial charge in [0.15, 0.2) is 0 Å². The number of benzene rings is 1. The Morgan fingerprint density at radius 1 is 1.19 bits per heavy atom. The molecule has 1 aromatic carbocycles. The Bertz CT molecular complexity index is 623. The number of hydrogen-bond donors (Lipinski definition) is 2. The fourth-order valence-electron chi connectivity index (χ4n) is 2.55. The third-order valence-corrected chi connectivity index (χ3v) is 4.98. The number of carbonyl (C=O) groups excluding carboxylic acids is 1. The van der Waals surface area contributed by atoms with E-state index in [9.17, 15) is 13.2 Å². The van der Waals surface area contributed by atoms with E-state index in [2.05, 4.69) is 5.32 Å². The van der Waals surface area contributed by atoms with Gasteiger partial charge in [0.25, 0.3) is 0 Å². The number of carbonyl (C=O) groups is 1. The Morgan fingerprint density at radius 3 is 2.33 bits per heavy atom. The van der Waals surface area contributed by atoms with Crippen LogP contribution in [0.2, 0.25) is 5.02 Å². The van der Waals surface area contributed by atoms with E-state index in [0.29, 0.717) is 5.69 Å². The second kappa shape index (κ2) is 6.77. The minimum atomic E-state index is -3.79. The van der Waals surface area contributed by atoms with Crippen LogP contribution >= 0.6 is 11.6 Å². The van der Waals surface area contributed by atoms with Gasteiger partial charge in [0.1, 0.15) is 0 Å². The summed E-state index contributed by atoms with van der Waals surface area (Å²) in [6.07, 6.45) is 6.25. The lowest BCUT2D eigenvalue weighted by atomic mass is 9.99. The molecule has 0 atom stereocenters. The van der Waals surface area contributed by atoms with Crippen LogP contribution in [-0.2, 0) is 14.8 Å². The van der Waals surface area contributed by atoms with Gasteiger partial charge in [-0.05, 0) is 31.0 Å². The van der Waals surface area contributed by atoms with Crippen LogP contribution in [0.5, 0.6) is 0 Å². The molecule has 0 radical (unpaired) electrons. The zero-order valence-corrected chi connectivity index (χ0v) is 13.2. The molecule has 116 valence electrons. The lowest BCUT2D eigenvalue weighted by molar-refractivity contribution is -0.120. The van der Waals surface area contributed by atoms with Crippen molar-refractivity contribution in [2.75, 3.05) is 5.32 Å². The van der Waals surface area contributed by atoms with Crippen molar-refractivity contribution >= 4 is 33.2 Å². The van der Waals surface area contributed by atoms with E-state index in [1.54, 1.807) is 0 Å². The van der Waals surface area contributed by atoms with Gasteiger partial charge in [0, 0.05) is 5.92 Å². The van der Waals surface area contributed by atoms with Crippen molar-refractivity contribution < 1.29 is 13.2 Å². The minimum Gasteiger partial charge on any atom is -0.325 e. The standard InChI is InChI=1S/C14H19ClN2O3S/c15-12-9-11(21(16,19)20)7-8-13(12)17-14(18)10-5-3-1-2-4-6-10/h7-10H,1-6H2,(H,17,18)(H2,16,19,20). The van der Waals surface area contributed by atoms with Crippen molar-refractivity contribution in [1.29, 1.82) is 0 Å². The Hall–Kier alpha value is -1.11. The fourth-order valence-corrected chi connectivity index (χ4v) is 3.38. The smallest absolute Gasteiger partial charge is 0.238 e. The summed E-state index contributed by atoms with van der Waals surface area (Å²) in [7, 11) is -3.79. The zero-order valence-electron chi connectivity index (χ0n) is 11.6. The molecule has 1 aliphatic carbocycles. The summed E-state index contributed by atoms with van der Waals surface area (Å²) < 4.78 is 22.5. The third kappa shape index (κ3) is 4.43. The molecule has 1 aliphatic rings. The molecule has 3 N–H and O–H groups in total. The zero-order chi connectivity index (χ0) is 15.5. The van der Waals surface area contributed by atoms with Crippen molar-refractivity contribution in [3.8, 4) is 0 Å². The van der Waals surface area contributed by atoms with Crippen LogP contribution in [0.4, 0.5) is 5.69 Å². The molecule has 0 aliphatic heterocycles. The van der Waals surface area contributed by atoms with E-state index < -0.39 is 10.0 Å². The van der Waals surface area contributed by atoms with E-state index in [1.807, 2.05) is 0 Å². The number of sulfonamides is 1. The maximum absolute atomic E-state index is 12.2. The number of amides is 1. The average Bonchev–Trinajstić information content (AvgIpc) is 2.68. The molecule has 1 saturated carbocycles. The monoisotopic (exact) mass is 330 g/mol. The topological polar surface area (TPSA) is 89.3 Å². The van der Waals surface area contributed by atoms with E-state index in [-0.39, 0.29) is 21.7 Å². The number of nitrogens with one attached hydrogen (secondary N) is 1. The molecular weight excluding hydrogens is 312 g/mol. The first kappa shape index (κ1) is 16.3. The van der Waals surface area contributed by atoms with Crippen LogP contribution in [0, 0.1) is 5.92 Å². The SMILES string of the molecule is NS(=O)(=O)c1ccc(NC(=O)C2CCCCCC2)c(Cl)c1. The van der Waals surface area contributed by atoms with Gasteiger partial charge in [-0.15, -0.1) is 0 Å². The summed E-state index contributed by atoms with van der Waals surface area (Å²) in [5.74, 6) is -0.0522. The second-order valence-electron chi connectivity index (χ2n) is 5.36. The molecule has 7 heteroatoms. The number of nitrogens with two attached hydrogens (primary N) is 1. The molecule has 1 fully saturated rings. The number of primary sulfonamides is 1. The van der Waals surface area contributed by atoms with Gasteiger partial charge in [0.05, 0.1) is 15.6 Å². The Labute approximate surface area is 129 Å². The summed E-state index contributed by atoms with van der Waals surface area (Å²) in [6.45, 7) is 0. The second-order valence-corrected chi connectivity index (χ2v) is 7.33. The van der Waals surface area contributed by atoms with Crippen molar-refractivity contribution in [1.82, 2.24) is 0 Å². The van der Waals surface area contributed by atoms with Crippen LogP contribution in [-0.4, -0.2) is 14.3 Å². The number of halogens is 1. The van der Waals surface area contributed by atoms with Crippen LogP contribution in [0.1, 0.15) is 38.5 Å². The molecule has 0 aromatic heterocycles. The molecule has 0 heterocycles. The molecule has 0 saturated heterocycles. The summed E-state index contributed by atoms with van der Waals surface area (Å²) in [6, 6.07) is 4.06. The summed E-state index contributed by atoms with van der Waals surface area (Å²) in [4.78, 5) is 12.2. The molecule has 1 amide bonds. The van der Waals surface area contributed by atoms with Crippen LogP contribution in [0.3, 0.4) is 0 Å². The van der Waals surface area contributed by atoms with Crippen molar-refractivity contribution in [2.45, 2.75) is 43.4 Å². The van der Waals surface area contributed by atoms with Gasteiger partial charge in [-0.3, -0.25) is 4.79 Å². The van der Waals surface area contributed by atoms with E-state index in [1.165, 1.54) is 31.0 Å². The lowest BCUT2D eigenvalue weighted by Gasteiger charge is -2.15. The van der Waals surface area contributed by atoms with Gasteiger partial charge >= 0.3 is 0 Å². The predicted octanol–water partition coefficient (Wildman–Crippen LogP) is 2.90. The van der Waals surface area contributed by atoms with Gasteiger partial charge in [-0.25, -0.2) is 13.6 Å². The molecule has 0 bridgehead atoms. The highest BCUT2D eigenvalue weighted by Crippen LogP contribution is 2.28. The van der Waals surface area contributed by atoms with E-state index in [0.717, 1.165) is 25.7 Å². The molecule has 21 heavy (non-hydrogen) atoms. The highest BCUT2D eigenvalue weighted by atomic mass is 35.5. The molecule has 2 rings (SSSR count). The third-order valence-electron chi connectivity index (χ3n) is 3.75. The van der Waals surface area contributed by atoms with Crippen LogP contribution < -0.4 is 10.5 Å². The summed E-state index contributed by atoms with van der Waals surface area (Å²) >= 11 is 6.02. The summed E-state index contributed by atoms with van der Waals surface area (Å²) in [5, 5.41) is 7.99. The number of rotatable bonds is 3. The van der Waals surface area contributed by atoms with Gasteiger partial charge in [-0.2, -0.15) is 0 Å². The van der Waals surface area contributed by atoms with Crippen molar-refractivity contribution in [3.05, 3.63) is 23.2 Å². The summed E-state index contributed by atoms with van der Waals surface area (Å²) in [5.41, 5.74) is 0.415. The first-order chi connectivity index (χ1) is 9.88. The van der Waals surface area contributed by atoms with Gasteiger partial charge < -0.3 is 5.32 Å². The van der Waals surface area contributed by atoms with Crippen LogP contribution in [0.25, 0.3) is 0 Å².